The predicted molar refractivity (Wildman–Crippen MR) is 128 cm³/mol. The quantitative estimate of drug-likeness (QED) is 0.483. The Morgan fingerprint density at radius 2 is 1.79 bits per heavy atom. The Morgan fingerprint density at radius 3 is 2.48 bits per heavy atom. The molecule has 0 N–H and O–H groups in total. The fourth-order valence-electron chi connectivity index (χ4n) is 5.03. The Labute approximate surface area is 195 Å². The number of aromatic nitrogens is 1. The molecule has 1 unspecified atom stereocenters. The van der Waals surface area contributed by atoms with Gasteiger partial charge in [0, 0.05) is 48.6 Å². The van der Waals surface area contributed by atoms with Gasteiger partial charge in [0.25, 0.3) is 0 Å². The van der Waals surface area contributed by atoms with Gasteiger partial charge in [0.1, 0.15) is 0 Å². The van der Waals surface area contributed by atoms with Crippen LogP contribution in [0.4, 0.5) is 0 Å². The predicted octanol–water partition coefficient (Wildman–Crippen LogP) is 4.81. The SMILES string of the molecule is Cc1ccc(S(=O)(=O)N(CCC#N)CC2CCc3cccc4c3c2c(C)n4CCC#N)cc1. The van der Waals surface area contributed by atoms with Crippen LogP contribution in [0.2, 0.25) is 0 Å². The summed E-state index contributed by atoms with van der Waals surface area (Å²) in [5, 5.41) is 19.5. The Balaban J connectivity index is 1.75. The van der Waals surface area contributed by atoms with Crippen LogP contribution in [-0.4, -0.2) is 30.4 Å². The Hall–Kier alpha value is -3.13. The van der Waals surface area contributed by atoms with Gasteiger partial charge in [0.05, 0.1) is 23.5 Å². The van der Waals surface area contributed by atoms with E-state index in [2.05, 4.69) is 41.8 Å². The van der Waals surface area contributed by atoms with Gasteiger partial charge >= 0.3 is 0 Å². The zero-order valence-corrected chi connectivity index (χ0v) is 19.9. The first kappa shape index (κ1) is 23.0. The van der Waals surface area contributed by atoms with Crippen LogP contribution < -0.4 is 0 Å². The Kier molecular flexibility index (Phi) is 6.56. The lowest BCUT2D eigenvalue weighted by Gasteiger charge is -2.29. The number of sulfonamides is 1. The molecule has 1 heterocycles. The smallest absolute Gasteiger partial charge is 0.243 e. The van der Waals surface area contributed by atoms with Crippen LogP contribution in [0.15, 0.2) is 47.4 Å². The average molecular weight is 461 g/mol. The molecule has 7 heteroatoms. The Bertz CT molecular complexity index is 1360. The third-order valence-corrected chi connectivity index (χ3v) is 8.54. The van der Waals surface area contributed by atoms with Crippen LogP contribution in [0.3, 0.4) is 0 Å². The molecule has 33 heavy (non-hydrogen) atoms. The molecule has 0 saturated heterocycles. The molecule has 0 saturated carbocycles. The molecule has 0 fully saturated rings. The van der Waals surface area contributed by atoms with Crippen LogP contribution >= 0.6 is 0 Å². The highest BCUT2D eigenvalue weighted by Gasteiger charge is 2.32. The number of hydrogen-bond acceptors (Lipinski definition) is 4. The first-order valence-electron chi connectivity index (χ1n) is 11.3. The Morgan fingerprint density at radius 1 is 1.06 bits per heavy atom. The molecular weight excluding hydrogens is 432 g/mol. The third-order valence-electron chi connectivity index (χ3n) is 6.66. The number of benzene rings is 2. The lowest BCUT2D eigenvalue weighted by Crippen LogP contribution is -2.36. The van der Waals surface area contributed by atoms with E-state index < -0.39 is 10.0 Å². The molecular formula is C26H28N4O2S. The first-order chi connectivity index (χ1) is 15.9. The van der Waals surface area contributed by atoms with E-state index in [0.29, 0.717) is 19.5 Å². The van der Waals surface area contributed by atoms with Gasteiger partial charge in [-0.3, -0.25) is 0 Å². The highest BCUT2D eigenvalue weighted by molar-refractivity contribution is 7.89. The van der Waals surface area contributed by atoms with Crippen LogP contribution in [0.25, 0.3) is 10.9 Å². The van der Waals surface area contributed by atoms with E-state index in [9.17, 15) is 13.7 Å². The van der Waals surface area contributed by atoms with Gasteiger partial charge in [-0.05, 0) is 56.0 Å². The maximum absolute atomic E-state index is 13.5. The number of aryl methyl sites for hydroxylation is 3. The van der Waals surface area contributed by atoms with Crippen LogP contribution in [0.5, 0.6) is 0 Å². The minimum atomic E-state index is -3.72. The third kappa shape index (κ3) is 4.27. The van der Waals surface area contributed by atoms with E-state index in [-0.39, 0.29) is 23.8 Å². The van der Waals surface area contributed by atoms with E-state index in [1.165, 1.54) is 20.8 Å². The second-order valence-electron chi connectivity index (χ2n) is 8.69. The van der Waals surface area contributed by atoms with Gasteiger partial charge in [-0.15, -0.1) is 0 Å². The van der Waals surface area contributed by atoms with Crippen molar-refractivity contribution in [2.75, 3.05) is 13.1 Å². The molecule has 1 atom stereocenters. The summed E-state index contributed by atoms with van der Waals surface area (Å²) in [4.78, 5) is 0.260. The number of rotatable bonds is 8. The normalized spacial score (nSPS) is 15.5. The molecule has 1 aliphatic rings. The van der Waals surface area contributed by atoms with E-state index in [4.69, 9.17) is 5.26 Å². The van der Waals surface area contributed by atoms with Gasteiger partial charge in [-0.2, -0.15) is 14.8 Å². The summed E-state index contributed by atoms with van der Waals surface area (Å²) in [7, 11) is -3.72. The maximum atomic E-state index is 13.5. The van der Waals surface area contributed by atoms with Gasteiger partial charge in [-0.1, -0.05) is 29.8 Å². The van der Waals surface area contributed by atoms with Crippen molar-refractivity contribution in [3.63, 3.8) is 0 Å². The van der Waals surface area contributed by atoms with E-state index in [1.807, 2.05) is 6.92 Å². The summed E-state index contributed by atoms with van der Waals surface area (Å²) < 4.78 is 30.7. The summed E-state index contributed by atoms with van der Waals surface area (Å²) >= 11 is 0. The van der Waals surface area contributed by atoms with E-state index in [1.54, 1.807) is 24.3 Å². The van der Waals surface area contributed by atoms with Gasteiger partial charge in [0.2, 0.25) is 10.0 Å². The average Bonchev–Trinajstić information content (AvgIpc) is 3.10. The molecule has 0 bridgehead atoms. The van der Waals surface area contributed by atoms with Crippen molar-refractivity contribution in [1.29, 1.82) is 10.5 Å². The fourth-order valence-corrected chi connectivity index (χ4v) is 6.52. The van der Waals surface area contributed by atoms with Crippen LogP contribution in [0, 0.1) is 36.5 Å². The summed E-state index contributed by atoms with van der Waals surface area (Å²) in [6.45, 7) is 5.12. The molecule has 2 aromatic carbocycles. The van der Waals surface area contributed by atoms with Crippen molar-refractivity contribution < 1.29 is 8.42 Å². The minimum absolute atomic E-state index is 0.0321. The van der Waals surface area contributed by atoms with Crippen LogP contribution in [0.1, 0.15) is 47.6 Å². The molecule has 0 aliphatic heterocycles. The molecule has 1 aliphatic carbocycles. The minimum Gasteiger partial charge on any atom is -0.344 e. The van der Waals surface area contributed by atoms with Crippen molar-refractivity contribution in [2.45, 2.75) is 56.9 Å². The molecule has 4 rings (SSSR count). The highest BCUT2D eigenvalue weighted by atomic mass is 32.2. The summed E-state index contributed by atoms with van der Waals surface area (Å²) in [5.74, 6) is 0.0321. The highest BCUT2D eigenvalue weighted by Crippen LogP contribution is 2.41. The van der Waals surface area contributed by atoms with Gasteiger partial charge in [0.15, 0.2) is 0 Å². The number of nitrogens with zero attached hydrogens (tertiary/aromatic N) is 4. The number of hydrogen-bond donors (Lipinski definition) is 0. The standard InChI is InChI=1S/C26H28N4O2S/c1-19-8-12-23(13-9-19)33(31,32)29(16-4-14-27)18-22-11-10-21-6-3-7-24-26(21)25(22)20(2)30(24)17-5-15-28/h3,6-9,12-13,22H,4-5,10-11,16-18H2,1-2H3. The van der Waals surface area contributed by atoms with Gasteiger partial charge < -0.3 is 4.57 Å². The lowest BCUT2D eigenvalue weighted by molar-refractivity contribution is 0.379. The molecule has 0 radical (unpaired) electrons. The van der Waals surface area contributed by atoms with Crippen molar-refractivity contribution in [3.05, 3.63) is 64.8 Å². The van der Waals surface area contributed by atoms with Crippen molar-refractivity contribution in [3.8, 4) is 12.1 Å². The van der Waals surface area contributed by atoms with Crippen molar-refractivity contribution >= 4 is 20.9 Å². The van der Waals surface area contributed by atoms with Crippen molar-refractivity contribution in [2.24, 2.45) is 0 Å². The fraction of sp³-hybridized carbons (Fsp3) is 0.385. The summed E-state index contributed by atoms with van der Waals surface area (Å²) in [6, 6.07) is 17.5. The van der Waals surface area contributed by atoms with E-state index >= 15 is 0 Å². The van der Waals surface area contributed by atoms with E-state index in [0.717, 1.165) is 29.6 Å². The topological polar surface area (TPSA) is 89.9 Å². The zero-order valence-electron chi connectivity index (χ0n) is 19.1. The molecule has 0 amide bonds. The monoisotopic (exact) mass is 460 g/mol. The second kappa shape index (κ2) is 9.39. The summed E-state index contributed by atoms with van der Waals surface area (Å²) in [6.07, 6.45) is 2.30. The molecule has 6 nitrogen and oxygen atoms in total. The molecule has 3 aromatic rings. The molecule has 0 spiro atoms. The molecule has 1 aromatic heterocycles. The number of nitriles is 2. The maximum Gasteiger partial charge on any atom is 0.243 e. The summed E-state index contributed by atoms with van der Waals surface area (Å²) in [5.41, 5.74) is 5.68. The largest absolute Gasteiger partial charge is 0.344 e. The van der Waals surface area contributed by atoms with Gasteiger partial charge in [-0.25, -0.2) is 8.42 Å². The molecule has 170 valence electrons. The first-order valence-corrected chi connectivity index (χ1v) is 12.7. The second-order valence-corrected chi connectivity index (χ2v) is 10.6. The zero-order chi connectivity index (χ0) is 23.6. The van der Waals surface area contributed by atoms with Crippen LogP contribution in [-0.2, 0) is 23.0 Å². The lowest BCUT2D eigenvalue weighted by atomic mass is 9.83. The van der Waals surface area contributed by atoms with Crippen molar-refractivity contribution in [1.82, 2.24) is 8.87 Å².